The number of fused-ring (bicyclic) bond motifs is 1. The van der Waals surface area contributed by atoms with Gasteiger partial charge in [-0.25, -0.2) is 0 Å². The molecule has 0 fully saturated rings. The van der Waals surface area contributed by atoms with Gasteiger partial charge >= 0.3 is 0 Å². The van der Waals surface area contributed by atoms with Crippen LogP contribution in [0.3, 0.4) is 0 Å². The number of allylic oxidation sites excluding steroid dienone is 4. The second kappa shape index (κ2) is 4.29. The molecular formula is C16H20. The third kappa shape index (κ3) is 1.63. The molecule has 2 rings (SSSR count). The van der Waals surface area contributed by atoms with Crippen molar-refractivity contribution in [3.05, 3.63) is 59.2 Å². The monoisotopic (exact) mass is 212 g/mol. The normalized spacial score (nSPS) is 26.6. The Morgan fingerprint density at radius 2 is 2.06 bits per heavy atom. The fourth-order valence-electron chi connectivity index (χ4n) is 2.66. The van der Waals surface area contributed by atoms with Crippen LogP contribution < -0.4 is 0 Å². The van der Waals surface area contributed by atoms with Crippen LogP contribution in [0.4, 0.5) is 0 Å². The summed E-state index contributed by atoms with van der Waals surface area (Å²) in [6.45, 7) is 6.72. The van der Waals surface area contributed by atoms with E-state index in [2.05, 4.69) is 63.3 Å². The van der Waals surface area contributed by atoms with Gasteiger partial charge in [0.2, 0.25) is 0 Å². The summed E-state index contributed by atoms with van der Waals surface area (Å²) in [5.74, 6) is 0. The Hall–Kier alpha value is -1.30. The molecule has 84 valence electrons. The maximum absolute atomic E-state index is 2.37. The lowest BCUT2D eigenvalue weighted by molar-refractivity contribution is 0.552. The fraction of sp³-hybridized carbons (Fsp3) is 0.375. The lowest BCUT2D eigenvalue weighted by Crippen LogP contribution is -2.19. The van der Waals surface area contributed by atoms with Gasteiger partial charge in [0.15, 0.2) is 0 Å². The zero-order valence-electron chi connectivity index (χ0n) is 10.5. The molecule has 0 radical (unpaired) electrons. The predicted octanol–water partition coefficient (Wildman–Crippen LogP) is 4.41. The van der Waals surface area contributed by atoms with Crippen molar-refractivity contribution in [3.8, 4) is 0 Å². The van der Waals surface area contributed by atoms with Gasteiger partial charge in [0.05, 0.1) is 0 Å². The molecule has 0 heteroatoms. The van der Waals surface area contributed by atoms with Crippen molar-refractivity contribution in [2.75, 3.05) is 0 Å². The predicted molar refractivity (Wildman–Crippen MR) is 70.7 cm³/mol. The number of rotatable bonds is 2. The van der Waals surface area contributed by atoms with E-state index in [9.17, 15) is 0 Å². The molecule has 1 aliphatic carbocycles. The average Bonchev–Trinajstić information content (AvgIpc) is 2.61. The van der Waals surface area contributed by atoms with E-state index in [4.69, 9.17) is 0 Å². The molecule has 0 aliphatic heterocycles. The van der Waals surface area contributed by atoms with Gasteiger partial charge in [0.25, 0.3) is 0 Å². The van der Waals surface area contributed by atoms with Crippen LogP contribution in [0.5, 0.6) is 0 Å². The molecule has 1 atom stereocenters. The standard InChI is InChI=1S/C16H20/c1-4-6-10-14-12-13-9-7-8-11-15(13)16(14,3)5-2/h4,6-11H,5,12H2,1-3H3/b6-4-,14-10-. The topological polar surface area (TPSA) is 0 Å². The minimum Gasteiger partial charge on any atom is -0.0877 e. The minimum atomic E-state index is 0.246. The van der Waals surface area contributed by atoms with Crippen molar-refractivity contribution < 1.29 is 0 Å². The number of hydrogen-bond donors (Lipinski definition) is 0. The van der Waals surface area contributed by atoms with Gasteiger partial charge in [-0.1, -0.05) is 61.9 Å². The molecule has 0 nitrogen and oxygen atoms in total. The Labute approximate surface area is 98.7 Å². The maximum Gasteiger partial charge on any atom is 0.0140 e. The summed E-state index contributed by atoms with van der Waals surface area (Å²) < 4.78 is 0. The molecule has 0 amide bonds. The van der Waals surface area contributed by atoms with E-state index in [0.717, 1.165) is 6.42 Å². The van der Waals surface area contributed by atoms with Crippen molar-refractivity contribution in [2.45, 2.75) is 39.0 Å². The fourth-order valence-corrected chi connectivity index (χ4v) is 2.66. The first-order valence-electron chi connectivity index (χ1n) is 6.13. The Bertz CT molecular complexity index is 437. The highest BCUT2D eigenvalue weighted by Crippen LogP contribution is 2.44. The molecule has 0 spiro atoms. The summed E-state index contributed by atoms with van der Waals surface area (Å²) in [5.41, 5.74) is 4.82. The molecule has 0 saturated heterocycles. The first-order chi connectivity index (χ1) is 7.72. The van der Waals surface area contributed by atoms with Crippen molar-refractivity contribution in [2.24, 2.45) is 0 Å². The van der Waals surface area contributed by atoms with E-state index in [1.165, 1.54) is 17.5 Å². The molecule has 0 saturated carbocycles. The van der Waals surface area contributed by atoms with Crippen LogP contribution in [0.1, 0.15) is 38.3 Å². The quantitative estimate of drug-likeness (QED) is 0.681. The summed E-state index contributed by atoms with van der Waals surface area (Å²) >= 11 is 0. The highest BCUT2D eigenvalue weighted by molar-refractivity contribution is 5.50. The van der Waals surface area contributed by atoms with E-state index in [1.54, 1.807) is 5.57 Å². The molecule has 0 N–H and O–H groups in total. The molecule has 1 unspecified atom stereocenters. The minimum absolute atomic E-state index is 0.246. The lowest BCUT2D eigenvalue weighted by Gasteiger charge is -2.26. The van der Waals surface area contributed by atoms with Crippen LogP contribution in [0.25, 0.3) is 0 Å². The summed E-state index contributed by atoms with van der Waals surface area (Å²) in [4.78, 5) is 0. The Morgan fingerprint density at radius 1 is 1.31 bits per heavy atom. The van der Waals surface area contributed by atoms with Crippen LogP contribution in [0, 0.1) is 0 Å². The van der Waals surface area contributed by atoms with E-state index in [1.807, 2.05) is 0 Å². The SMILES string of the molecule is C/C=C\C=C1\Cc2ccccc2C1(C)CC. The summed E-state index contributed by atoms with van der Waals surface area (Å²) in [5, 5.41) is 0. The van der Waals surface area contributed by atoms with E-state index in [-0.39, 0.29) is 5.41 Å². The first kappa shape index (κ1) is 11.2. The molecule has 0 aromatic heterocycles. The smallest absolute Gasteiger partial charge is 0.0140 e. The first-order valence-corrected chi connectivity index (χ1v) is 6.13. The zero-order valence-corrected chi connectivity index (χ0v) is 10.5. The van der Waals surface area contributed by atoms with E-state index >= 15 is 0 Å². The molecule has 1 aliphatic rings. The van der Waals surface area contributed by atoms with Gasteiger partial charge in [-0.2, -0.15) is 0 Å². The summed E-state index contributed by atoms with van der Waals surface area (Å²) in [7, 11) is 0. The second-order valence-corrected chi connectivity index (χ2v) is 4.74. The van der Waals surface area contributed by atoms with Gasteiger partial charge in [0, 0.05) is 5.41 Å². The van der Waals surface area contributed by atoms with E-state index < -0.39 is 0 Å². The molecular weight excluding hydrogens is 192 g/mol. The Balaban J connectivity index is 2.50. The van der Waals surface area contributed by atoms with Crippen LogP contribution in [-0.4, -0.2) is 0 Å². The van der Waals surface area contributed by atoms with Crippen molar-refractivity contribution in [3.63, 3.8) is 0 Å². The maximum atomic E-state index is 2.37. The molecule has 0 heterocycles. The third-order valence-corrected chi connectivity index (χ3v) is 3.90. The van der Waals surface area contributed by atoms with E-state index in [0.29, 0.717) is 0 Å². The van der Waals surface area contributed by atoms with Gasteiger partial charge in [-0.15, -0.1) is 0 Å². The van der Waals surface area contributed by atoms with Crippen LogP contribution in [0.15, 0.2) is 48.1 Å². The largest absolute Gasteiger partial charge is 0.0877 e. The molecule has 1 aromatic rings. The third-order valence-electron chi connectivity index (χ3n) is 3.90. The summed E-state index contributed by atoms with van der Waals surface area (Å²) in [6, 6.07) is 8.86. The van der Waals surface area contributed by atoms with Gasteiger partial charge in [0.1, 0.15) is 0 Å². The second-order valence-electron chi connectivity index (χ2n) is 4.74. The molecule has 0 bridgehead atoms. The van der Waals surface area contributed by atoms with Crippen LogP contribution in [-0.2, 0) is 11.8 Å². The van der Waals surface area contributed by atoms with Gasteiger partial charge in [-0.3, -0.25) is 0 Å². The zero-order chi connectivity index (χ0) is 11.6. The highest BCUT2D eigenvalue weighted by atomic mass is 14.4. The number of hydrogen-bond acceptors (Lipinski definition) is 0. The Kier molecular flexibility index (Phi) is 3.00. The van der Waals surface area contributed by atoms with Crippen LogP contribution >= 0.6 is 0 Å². The van der Waals surface area contributed by atoms with Gasteiger partial charge in [-0.05, 0) is 30.9 Å². The molecule has 1 aromatic carbocycles. The molecule has 16 heavy (non-hydrogen) atoms. The lowest BCUT2D eigenvalue weighted by atomic mass is 9.78. The Morgan fingerprint density at radius 3 is 2.75 bits per heavy atom. The van der Waals surface area contributed by atoms with Gasteiger partial charge < -0.3 is 0 Å². The van der Waals surface area contributed by atoms with Crippen LogP contribution in [0.2, 0.25) is 0 Å². The van der Waals surface area contributed by atoms with Crippen molar-refractivity contribution in [1.29, 1.82) is 0 Å². The summed E-state index contributed by atoms with van der Waals surface area (Å²) in [6.07, 6.45) is 8.85. The van der Waals surface area contributed by atoms with Crippen molar-refractivity contribution >= 4 is 0 Å². The van der Waals surface area contributed by atoms with Crippen molar-refractivity contribution in [1.82, 2.24) is 0 Å². The highest BCUT2D eigenvalue weighted by Gasteiger charge is 2.36. The number of benzene rings is 1. The average molecular weight is 212 g/mol.